The molecule has 2 unspecified atom stereocenters. The third kappa shape index (κ3) is 1.93. The van der Waals surface area contributed by atoms with E-state index in [0.29, 0.717) is 18.0 Å². The Morgan fingerprint density at radius 3 is 2.93 bits per heavy atom. The van der Waals surface area contributed by atoms with E-state index in [0.717, 1.165) is 0 Å². The lowest BCUT2D eigenvalue weighted by atomic mass is 10.1. The maximum atomic E-state index is 4.46. The number of rotatable bonds is 3. The maximum absolute atomic E-state index is 4.46. The highest BCUT2D eigenvalue weighted by Gasteiger charge is 2.28. The third-order valence-corrected chi connectivity index (χ3v) is 3.42. The van der Waals surface area contributed by atoms with Gasteiger partial charge in [-0.1, -0.05) is 13.8 Å². The van der Waals surface area contributed by atoms with Gasteiger partial charge in [0.1, 0.15) is 5.82 Å². The predicted molar refractivity (Wildman–Crippen MR) is 62.1 cm³/mol. The first-order valence-electron chi connectivity index (χ1n) is 5.94. The monoisotopic (exact) mass is 207 g/mol. The van der Waals surface area contributed by atoms with Gasteiger partial charge in [0.15, 0.2) is 0 Å². The summed E-state index contributed by atoms with van der Waals surface area (Å²) in [5, 5.41) is 3.42. The van der Waals surface area contributed by atoms with E-state index in [4.69, 9.17) is 0 Å². The molecule has 0 aliphatic heterocycles. The second kappa shape index (κ2) is 4.35. The number of hydrogen-bond acceptors (Lipinski definition) is 2. The van der Waals surface area contributed by atoms with E-state index in [1.807, 2.05) is 6.20 Å². The summed E-state index contributed by atoms with van der Waals surface area (Å²) < 4.78 is 2.37. The molecule has 1 aromatic heterocycles. The summed E-state index contributed by atoms with van der Waals surface area (Å²) in [5.41, 5.74) is 0. The van der Waals surface area contributed by atoms with Crippen LogP contribution in [-0.2, 0) is 0 Å². The molecule has 2 atom stereocenters. The molecule has 0 aromatic carbocycles. The zero-order valence-corrected chi connectivity index (χ0v) is 9.90. The molecule has 1 N–H and O–H groups in total. The van der Waals surface area contributed by atoms with Crippen molar-refractivity contribution in [3.8, 4) is 0 Å². The first kappa shape index (κ1) is 10.7. The van der Waals surface area contributed by atoms with Gasteiger partial charge in [-0.25, -0.2) is 4.98 Å². The van der Waals surface area contributed by atoms with Gasteiger partial charge in [0.2, 0.25) is 0 Å². The number of likely N-dealkylation sites (N-methyl/N-ethyl adjacent to an activating group) is 1. The minimum absolute atomic E-state index is 0.512. The Morgan fingerprint density at radius 2 is 2.27 bits per heavy atom. The molecule has 1 aliphatic carbocycles. The quantitative estimate of drug-likeness (QED) is 0.824. The van der Waals surface area contributed by atoms with E-state index in [1.165, 1.54) is 25.1 Å². The zero-order chi connectivity index (χ0) is 10.8. The highest BCUT2D eigenvalue weighted by molar-refractivity contribution is 5.03. The van der Waals surface area contributed by atoms with Crippen LogP contribution < -0.4 is 5.32 Å². The van der Waals surface area contributed by atoms with Gasteiger partial charge < -0.3 is 9.88 Å². The van der Waals surface area contributed by atoms with Crippen LogP contribution in [0.5, 0.6) is 0 Å². The summed E-state index contributed by atoms with van der Waals surface area (Å²) >= 11 is 0. The van der Waals surface area contributed by atoms with Crippen LogP contribution in [0.25, 0.3) is 0 Å². The largest absolute Gasteiger partial charge is 0.330 e. The van der Waals surface area contributed by atoms with E-state index in [9.17, 15) is 0 Å². The molecular weight excluding hydrogens is 186 g/mol. The van der Waals surface area contributed by atoms with Crippen LogP contribution >= 0.6 is 0 Å². The molecule has 1 aliphatic rings. The van der Waals surface area contributed by atoms with Crippen molar-refractivity contribution in [1.82, 2.24) is 14.9 Å². The summed E-state index contributed by atoms with van der Waals surface area (Å²) in [6.07, 6.45) is 7.96. The number of nitrogens with one attached hydrogen (secondary N) is 1. The van der Waals surface area contributed by atoms with Gasteiger partial charge in [0.25, 0.3) is 0 Å². The number of aromatic nitrogens is 2. The van der Waals surface area contributed by atoms with Gasteiger partial charge >= 0.3 is 0 Å². The second-order valence-electron chi connectivity index (χ2n) is 4.74. The Morgan fingerprint density at radius 1 is 1.47 bits per heavy atom. The Kier molecular flexibility index (Phi) is 3.10. The van der Waals surface area contributed by atoms with Crippen molar-refractivity contribution in [2.75, 3.05) is 7.05 Å². The smallest absolute Gasteiger partial charge is 0.111 e. The van der Waals surface area contributed by atoms with Crippen molar-refractivity contribution < 1.29 is 0 Å². The fourth-order valence-electron chi connectivity index (χ4n) is 2.66. The minimum Gasteiger partial charge on any atom is -0.330 e. The van der Waals surface area contributed by atoms with Crippen LogP contribution in [0, 0.1) is 0 Å². The van der Waals surface area contributed by atoms with Gasteiger partial charge in [0.05, 0.1) is 6.04 Å². The topological polar surface area (TPSA) is 29.9 Å². The molecule has 0 saturated heterocycles. The average Bonchev–Trinajstić information content (AvgIpc) is 2.85. The van der Waals surface area contributed by atoms with Crippen LogP contribution in [0.2, 0.25) is 0 Å². The Labute approximate surface area is 91.9 Å². The first-order valence-corrected chi connectivity index (χ1v) is 5.94. The molecule has 3 nitrogen and oxygen atoms in total. The lowest BCUT2D eigenvalue weighted by Gasteiger charge is -2.23. The summed E-state index contributed by atoms with van der Waals surface area (Å²) in [4.78, 5) is 4.46. The van der Waals surface area contributed by atoms with Crippen LogP contribution in [0.1, 0.15) is 50.9 Å². The van der Waals surface area contributed by atoms with Gasteiger partial charge in [-0.3, -0.25) is 0 Å². The molecule has 3 heteroatoms. The van der Waals surface area contributed by atoms with Crippen molar-refractivity contribution in [2.24, 2.45) is 0 Å². The van der Waals surface area contributed by atoms with Gasteiger partial charge in [0, 0.05) is 24.4 Å². The SMILES string of the molecule is CNC1CCCC1n1ccnc1C(C)C. The van der Waals surface area contributed by atoms with Crippen molar-refractivity contribution in [2.45, 2.75) is 51.1 Å². The van der Waals surface area contributed by atoms with E-state index in [2.05, 4.69) is 42.0 Å². The van der Waals surface area contributed by atoms with Crippen LogP contribution in [-0.4, -0.2) is 22.6 Å². The van der Waals surface area contributed by atoms with Crippen LogP contribution in [0.15, 0.2) is 12.4 Å². The normalized spacial score (nSPS) is 26.4. The highest BCUT2D eigenvalue weighted by Crippen LogP contribution is 2.32. The van der Waals surface area contributed by atoms with Gasteiger partial charge in [-0.05, 0) is 26.3 Å². The average molecular weight is 207 g/mol. The van der Waals surface area contributed by atoms with E-state index in [1.54, 1.807) is 0 Å². The van der Waals surface area contributed by atoms with Crippen molar-refractivity contribution in [3.63, 3.8) is 0 Å². The summed E-state index contributed by atoms with van der Waals surface area (Å²) in [7, 11) is 2.06. The predicted octanol–water partition coefficient (Wildman–Crippen LogP) is 2.32. The summed E-state index contributed by atoms with van der Waals surface area (Å²) in [6.45, 7) is 4.42. The first-order chi connectivity index (χ1) is 7.24. The fraction of sp³-hybridized carbons (Fsp3) is 0.750. The molecule has 1 heterocycles. The van der Waals surface area contributed by atoms with Gasteiger partial charge in [-0.15, -0.1) is 0 Å². The van der Waals surface area contributed by atoms with Crippen LogP contribution in [0.3, 0.4) is 0 Å². The lowest BCUT2D eigenvalue weighted by Crippen LogP contribution is -2.31. The van der Waals surface area contributed by atoms with E-state index < -0.39 is 0 Å². The lowest BCUT2D eigenvalue weighted by molar-refractivity contribution is 0.399. The summed E-state index contributed by atoms with van der Waals surface area (Å²) in [6, 6.07) is 1.23. The third-order valence-electron chi connectivity index (χ3n) is 3.42. The highest BCUT2D eigenvalue weighted by atomic mass is 15.1. The molecule has 1 saturated carbocycles. The van der Waals surface area contributed by atoms with E-state index in [-0.39, 0.29) is 0 Å². The molecule has 0 amide bonds. The number of nitrogens with zero attached hydrogens (tertiary/aromatic N) is 2. The Bertz CT molecular complexity index is 316. The second-order valence-corrected chi connectivity index (χ2v) is 4.74. The molecule has 2 rings (SSSR count). The molecule has 84 valence electrons. The van der Waals surface area contributed by atoms with Crippen molar-refractivity contribution in [3.05, 3.63) is 18.2 Å². The molecule has 0 spiro atoms. The number of imidazole rings is 1. The molecular formula is C12H21N3. The van der Waals surface area contributed by atoms with Crippen molar-refractivity contribution in [1.29, 1.82) is 0 Å². The molecule has 15 heavy (non-hydrogen) atoms. The molecule has 1 fully saturated rings. The Hall–Kier alpha value is -0.830. The fourth-order valence-corrected chi connectivity index (χ4v) is 2.66. The van der Waals surface area contributed by atoms with Crippen LogP contribution in [0.4, 0.5) is 0 Å². The van der Waals surface area contributed by atoms with Gasteiger partial charge in [-0.2, -0.15) is 0 Å². The zero-order valence-electron chi connectivity index (χ0n) is 9.90. The standard InChI is InChI=1S/C12H21N3/c1-9(2)12-14-7-8-15(12)11-6-4-5-10(11)13-3/h7-11,13H,4-6H2,1-3H3. The minimum atomic E-state index is 0.512. The van der Waals surface area contributed by atoms with E-state index >= 15 is 0 Å². The molecule has 0 radical (unpaired) electrons. The maximum Gasteiger partial charge on any atom is 0.111 e. The van der Waals surface area contributed by atoms with Crippen molar-refractivity contribution >= 4 is 0 Å². The molecule has 0 bridgehead atoms. The molecule has 1 aromatic rings. The summed E-state index contributed by atoms with van der Waals surface area (Å²) in [5.74, 6) is 1.74. The number of hydrogen-bond donors (Lipinski definition) is 1. The Balaban J connectivity index is 2.24.